The standard InChI is InChI=1S/C14H26N2O2S2/c1-5-12(6-2)11(3)16-20(17,18)14-8-7-13(19-14)9-10-15-4/h7-8,11-12,15-16H,5-6,9-10H2,1-4H3. The second-order valence-corrected chi connectivity index (χ2v) is 8.17. The Balaban J connectivity index is 2.75. The Kier molecular flexibility index (Phi) is 7.15. The van der Waals surface area contributed by atoms with E-state index in [4.69, 9.17) is 0 Å². The maximum Gasteiger partial charge on any atom is 0.250 e. The van der Waals surface area contributed by atoms with E-state index >= 15 is 0 Å². The summed E-state index contributed by atoms with van der Waals surface area (Å²) in [5, 5.41) is 3.07. The summed E-state index contributed by atoms with van der Waals surface area (Å²) in [5.41, 5.74) is 0. The Hall–Kier alpha value is -0.430. The summed E-state index contributed by atoms with van der Waals surface area (Å²) in [6.45, 7) is 7.00. The number of nitrogens with one attached hydrogen (secondary N) is 2. The van der Waals surface area contributed by atoms with E-state index < -0.39 is 10.0 Å². The summed E-state index contributed by atoms with van der Waals surface area (Å²) in [4.78, 5) is 1.09. The predicted octanol–water partition coefficient (Wildman–Crippen LogP) is 2.61. The molecule has 0 spiro atoms. The highest BCUT2D eigenvalue weighted by Crippen LogP contribution is 2.23. The summed E-state index contributed by atoms with van der Waals surface area (Å²) >= 11 is 1.36. The van der Waals surface area contributed by atoms with Crippen molar-refractivity contribution in [2.75, 3.05) is 13.6 Å². The zero-order valence-electron chi connectivity index (χ0n) is 12.8. The average molecular weight is 319 g/mol. The van der Waals surface area contributed by atoms with Crippen molar-refractivity contribution in [2.24, 2.45) is 5.92 Å². The molecule has 0 bridgehead atoms. The van der Waals surface area contributed by atoms with Crippen LogP contribution >= 0.6 is 11.3 Å². The van der Waals surface area contributed by atoms with Gasteiger partial charge in [0.2, 0.25) is 10.0 Å². The molecule has 0 aliphatic rings. The topological polar surface area (TPSA) is 58.2 Å². The van der Waals surface area contributed by atoms with E-state index in [-0.39, 0.29) is 6.04 Å². The van der Waals surface area contributed by atoms with E-state index in [0.29, 0.717) is 10.1 Å². The second kappa shape index (κ2) is 8.12. The number of hydrogen-bond donors (Lipinski definition) is 2. The van der Waals surface area contributed by atoms with E-state index in [2.05, 4.69) is 23.9 Å². The smallest absolute Gasteiger partial charge is 0.250 e. The monoisotopic (exact) mass is 318 g/mol. The molecule has 0 aromatic carbocycles. The van der Waals surface area contributed by atoms with Gasteiger partial charge in [-0.05, 0) is 45.0 Å². The molecule has 1 aromatic rings. The molecule has 6 heteroatoms. The number of likely N-dealkylation sites (N-methyl/N-ethyl adjacent to an activating group) is 1. The van der Waals surface area contributed by atoms with Crippen LogP contribution in [-0.2, 0) is 16.4 Å². The van der Waals surface area contributed by atoms with Gasteiger partial charge in [0, 0.05) is 10.9 Å². The van der Waals surface area contributed by atoms with Crippen molar-refractivity contribution in [3.05, 3.63) is 17.0 Å². The lowest BCUT2D eigenvalue weighted by Crippen LogP contribution is -2.37. The molecule has 1 rings (SSSR count). The summed E-state index contributed by atoms with van der Waals surface area (Å²) in [6, 6.07) is 3.58. The highest BCUT2D eigenvalue weighted by Gasteiger charge is 2.23. The molecule has 0 aliphatic heterocycles. The number of sulfonamides is 1. The minimum atomic E-state index is -3.38. The molecular formula is C14H26N2O2S2. The van der Waals surface area contributed by atoms with E-state index in [1.165, 1.54) is 11.3 Å². The molecule has 20 heavy (non-hydrogen) atoms. The molecule has 2 N–H and O–H groups in total. The number of thiophene rings is 1. The molecule has 0 amide bonds. The maximum absolute atomic E-state index is 12.3. The van der Waals surface area contributed by atoms with Crippen molar-refractivity contribution in [1.29, 1.82) is 0 Å². The van der Waals surface area contributed by atoms with Crippen LogP contribution < -0.4 is 10.0 Å². The summed E-state index contributed by atoms with van der Waals surface area (Å²) in [7, 11) is -1.49. The second-order valence-electron chi connectivity index (χ2n) is 5.06. The van der Waals surface area contributed by atoms with Crippen LogP contribution in [0.15, 0.2) is 16.3 Å². The Morgan fingerprint density at radius 3 is 2.45 bits per heavy atom. The molecule has 0 aliphatic carbocycles. The first-order valence-electron chi connectivity index (χ1n) is 7.20. The Morgan fingerprint density at radius 2 is 1.90 bits per heavy atom. The molecule has 0 fully saturated rings. The van der Waals surface area contributed by atoms with Crippen LogP contribution in [0.1, 0.15) is 38.5 Å². The molecule has 0 saturated heterocycles. The first-order valence-corrected chi connectivity index (χ1v) is 9.50. The molecule has 116 valence electrons. The molecule has 1 unspecified atom stereocenters. The van der Waals surface area contributed by atoms with E-state index in [0.717, 1.165) is 30.7 Å². The van der Waals surface area contributed by atoms with Crippen molar-refractivity contribution in [3.63, 3.8) is 0 Å². The minimum absolute atomic E-state index is 0.0298. The lowest BCUT2D eigenvalue weighted by molar-refractivity contribution is 0.391. The lowest BCUT2D eigenvalue weighted by atomic mass is 9.96. The van der Waals surface area contributed by atoms with Gasteiger partial charge in [-0.2, -0.15) is 0 Å². The van der Waals surface area contributed by atoms with Gasteiger partial charge in [0.25, 0.3) is 0 Å². The third-order valence-electron chi connectivity index (χ3n) is 3.62. The van der Waals surface area contributed by atoms with Gasteiger partial charge in [-0.1, -0.05) is 26.7 Å². The van der Waals surface area contributed by atoms with Crippen LogP contribution in [0.5, 0.6) is 0 Å². The highest BCUT2D eigenvalue weighted by atomic mass is 32.2. The van der Waals surface area contributed by atoms with Gasteiger partial charge in [0.15, 0.2) is 0 Å². The molecular weight excluding hydrogens is 292 g/mol. The third-order valence-corrected chi connectivity index (χ3v) is 6.82. The Labute approximate surface area is 127 Å². The summed E-state index contributed by atoms with van der Waals surface area (Å²) in [5.74, 6) is 0.383. The highest BCUT2D eigenvalue weighted by molar-refractivity contribution is 7.91. The Morgan fingerprint density at radius 1 is 1.25 bits per heavy atom. The zero-order chi connectivity index (χ0) is 15.2. The van der Waals surface area contributed by atoms with Crippen molar-refractivity contribution >= 4 is 21.4 Å². The lowest BCUT2D eigenvalue weighted by Gasteiger charge is -2.21. The van der Waals surface area contributed by atoms with Crippen LogP contribution in [0.4, 0.5) is 0 Å². The fourth-order valence-electron chi connectivity index (χ4n) is 2.28. The van der Waals surface area contributed by atoms with E-state index in [1.54, 1.807) is 6.07 Å². The van der Waals surface area contributed by atoms with Gasteiger partial charge in [-0.15, -0.1) is 11.3 Å². The van der Waals surface area contributed by atoms with Gasteiger partial charge in [-0.3, -0.25) is 0 Å². The SMILES string of the molecule is CCC(CC)C(C)NS(=O)(=O)c1ccc(CCNC)s1. The molecule has 0 radical (unpaired) electrons. The van der Waals surface area contributed by atoms with Crippen molar-refractivity contribution < 1.29 is 8.42 Å². The first-order chi connectivity index (χ1) is 9.44. The summed E-state index contributed by atoms with van der Waals surface area (Å²) in [6.07, 6.45) is 2.83. The quantitative estimate of drug-likeness (QED) is 0.736. The Bertz CT molecular complexity index is 493. The average Bonchev–Trinajstić information content (AvgIpc) is 2.86. The van der Waals surface area contributed by atoms with Crippen LogP contribution in [0.2, 0.25) is 0 Å². The predicted molar refractivity (Wildman–Crippen MR) is 85.8 cm³/mol. The fraction of sp³-hybridized carbons (Fsp3) is 0.714. The van der Waals surface area contributed by atoms with E-state index in [9.17, 15) is 8.42 Å². The van der Waals surface area contributed by atoms with Crippen molar-refractivity contribution in [3.8, 4) is 0 Å². The zero-order valence-corrected chi connectivity index (χ0v) is 14.4. The van der Waals surface area contributed by atoms with Gasteiger partial charge in [0.1, 0.15) is 4.21 Å². The molecule has 1 atom stereocenters. The first kappa shape index (κ1) is 17.6. The van der Waals surface area contributed by atoms with Gasteiger partial charge in [-0.25, -0.2) is 13.1 Å². The van der Waals surface area contributed by atoms with Gasteiger partial charge < -0.3 is 5.32 Å². The molecule has 4 nitrogen and oxygen atoms in total. The molecule has 0 saturated carbocycles. The van der Waals surface area contributed by atoms with Crippen LogP contribution in [0, 0.1) is 5.92 Å². The number of hydrogen-bond acceptors (Lipinski definition) is 4. The van der Waals surface area contributed by atoms with Crippen LogP contribution in [0.25, 0.3) is 0 Å². The van der Waals surface area contributed by atoms with Crippen molar-refractivity contribution in [1.82, 2.24) is 10.0 Å². The number of rotatable bonds is 9. The summed E-state index contributed by atoms with van der Waals surface area (Å²) < 4.78 is 27.9. The van der Waals surface area contributed by atoms with Crippen molar-refractivity contribution in [2.45, 2.75) is 50.3 Å². The van der Waals surface area contributed by atoms with Gasteiger partial charge in [0.05, 0.1) is 0 Å². The van der Waals surface area contributed by atoms with Crippen LogP contribution in [-0.4, -0.2) is 28.1 Å². The van der Waals surface area contributed by atoms with E-state index in [1.807, 2.05) is 20.0 Å². The molecule has 1 heterocycles. The van der Waals surface area contributed by atoms with Gasteiger partial charge >= 0.3 is 0 Å². The molecule has 1 aromatic heterocycles. The normalized spacial score (nSPS) is 13.8. The fourth-order valence-corrected chi connectivity index (χ4v) is 4.96. The third kappa shape index (κ3) is 4.84. The maximum atomic E-state index is 12.3. The largest absolute Gasteiger partial charge is 0.319 e. The van der Waals surface area contributed by atoms with Crippen LogP contribution in [0.3, 0.4) is 0 Å². The minimum Gasteiger partial charge on any atom is -0.319 e.